The maximum Gasteiger partial charge on any atom is 0.133 e. The van der Waals surface area contributed by atoms with E-state index in [1.807, 2.05) is 6.07 Å². The molecule has 1 saturated heterocycles. The van der Waals surface area contributed by atoms with Gasteiger partial charge in [-0.25, -0.2) is 0 Å². The number of benzene rings is 1. The summed E-state index contributed by atoms with van der Waals surface area (Å²) in [7, 11) is 1.71. The zero-order chi connectivity index (χ0) is 9.97. The van der Waals surface area contributed by atoms with Crippen molar-refractivity contribution in [2.45, 2.75) is 12.3 Å². The van der Waals surface area contributed by atoms with Gasteiger partial charge in [-0.15, -0.1) is 0 Å². The molecule has 3 heteroatoms. The van der Waals surface area contributed by atoms with Crippen molar-refractivity contribution in [2.75, 3.05) is 20.2 Å². The van der Waals surface area contributed by atoms with Gasteiger partial charge in [0.05, 0.1) is 11.6 Å². The SMILES string of the molecule is COc1cccc(C2CCNC2)c1Br. The highest BCUT2D eigenvalue weighted by Gasteiger charge is 2.20. The third kappa shape index (κ3) is 1.79. The van der Waals surface area contributed by atoms with E-state index in [4.69, 9.17) is 4.74 Å². The Balaban J connectivity index is 2.32. The number of nitrogens with one attached hydrogen (secondary N) is 1. The molecule has 1 N–H and O–H groups in total. The molecule has 1 aromatic rings. The first kappa shape index (κ1) is 9.99. The van der Waals surface area contributed by atoms with Crippen molar-refractivity contribution in [1.29, 1.82) is 0 Å². The van der Waals surface area contributed by atoms with Gasteiger partial charge in [0.25, 0.3) is 0 Å². The summed E-state index contributed by atoms with van der Waals surface area (Å²) in [6.07, 6.45) is 1.21. The number of hydrogen-bond acceptors (Lipinski definition) is 2. The molecule has 0 saturated carbocycles. The number of hydrogen-bond donors (Lipinski definition) is 1. The summed E-state index contributed by atoms with van der Waals surface area (Å²) < 4.78 is 6.39. The quantitative estimate of drug-likeness (QED) is 0.877. The van der Waals surface area contributed by atoms with Gasteiger partial charge in [0.2, 0.25) is 0 Å². The molecule has 1 fully saturated rings. The van der Waals surface area contributed by atoms with Crippen LogP contribution in [0.25, 0.3) is 0 Å². The number of rotatable bonds is 2. The van der Waals surface area contributed by atoms with Crippen molar-refractivity contribution >= 4 is 15.9 Å². The van der Waals surface area contributed by atoms with Gasteiger partial charge >= 0.3 is 0 Å². The first-order valence-electron chi connectivity index (χ1n) is 4.86. The summed E-state index contributed by atoms with van der Waals surface area (Å²) in [6, 6.07) is 6.21. The summed E-state index contributed by atoms with van der Waals surface area (Å²) in [4.78, 5) is 0. The van der Waals surface area contributed by atoms with Gasteiger partial charge in [-0.05, 0) is 46.4 Å². The Hall–Kier alpha value is -0.540. The van der Waals surface area contributed by atoms with Crippen LogP contribution in [0.3, 0.4) is 0 Å². The van der Waals surface area contributed by atoms with E-state index in [1.54, 1.807) is 7.11 Å². The van der Waals surface area contributed by atoms with Crippen LogP contribution in [0.2, 0.25) is 0 Å². The van der Waals surface area contributed by atoms with E-state index in [0.717, 1.165) is 23.3 Å². The number of ether oxygens (including phenoxy) is 1. The highest BCUT2D eigenvalue weighted by Crippen LogP contribution is 2.35. The second kappa shape index (κ2) is 4.32. The van der Waals surface area contributed by atoms with Crippen LogP contribution in [-0.2, 0) is 0 Å². The van der Waals surface area contributed by atoms with Crippen molar-refractivity contribution in [1.82, 2.24) is 5.32 Å². The van der Waals surface area contributed by atoms with Crippen molar-refractivity contribution in [2.24, 2.45) is 0 Å². The van der Waals surface area contributed by atoms with Gasteiger partial charge in [0.15, 0.2) is 0 Å². The standard InChI is InChI=1S/C11H14BrNO/c1-14-10-4-2-3-9(11(10)12)8-5-6-13-7-8/h2-4,8,13H,5-7H2,1H3. The van der Waals surface area contributed by atoms with E-state index >= 15 is 0 Å². The Morgan fingerprint density at radius 1 is 1.50 bits per heavy atom. The fourth-order valence-electron chi connectivity index (χ4n) is 1.92. The zero-order valence-corrected chi connectivity index (χ0v) is 9.80. The molecule has 0 radical (unpaired) electrons. The molecule has 1 atom stereocenters. The lowest BCUT2D eigenvalue weighted by atomic mass is 9.98. The highest BCUT2D eigenvalue weighted by molar-refractivity contribution is 9.10. The van der Waals surface area contributed by atoms with Crippen LogP contribution in [0.5, 0.6) is 5.75 Å². The molecule has 76 valence electrons. The minimum Gasteiger partial charge on any atom is -0.496 e. The van der Waals surface area contributed by atoms with Crippen molar-refractivity contribution in [3.05, 3.63) is 28.2 Å². The topological polar surface area (TPSA) is 21.3 Å². The molecule has 1 heterocycles. The second-order valence-electron chi connectivity index (χ2n) is 3.55. The molecule has 2 rings (SSSR count). The van der Waals surface area contributed by atoms with Crippen molar-refractivity contribution < 1.29 is 4.74 Å². The van der Waals surface area contributed by atoms with Crippen LogP contribution in [0.1, 0.15) is 17.9 Å². The maximum atomic E-state index is 5.28. The van der Waals surface area contributed by atoms with Crippen LogP contribution in [0.15, 0.2) is 22.7 Å². The molecule has 0 amide bonds. The van der Waals surface area contributed by atoms with Crippen LogP contribution in [0.4, 0.5) is 0 Å². The van der Waals surface area contributed by atoms with Crippen LogP contribution < -0.4 is 10.1 Å². The third-order valence-electron chi connectivity index (χ3n) is 2.71. The molecule has 1 aliphatic heterocycles. The zero-order valence-electron chi connectivity index (χ0n) is 8.22. The molecule has 14 heavy (non-hydrogen) atoms. The van der Waals surface area contributed by atoms with Gasteiger partial charge in [-0.1, -0.05) is 12.1 Å². The van der Waals surface area contributed by atoms with Gasteiger partial charge in [0, 0.05) is 6.54 Å². The van der Waals surface area contributed by atoms with E-state index < -0.39 is 0 Å². The average molecular weight is 256 g/mol. The lowest BCUT2D eigenvalue weighted by Gasteiger charge is -2.13. The summed E-state index contributed by atoms with van der Waals surface area (Å²) >= 11 is 3.60. The third-order valence-corrected chi connectivity index (χ3v) is 3.56. The second-order valence-corrected chi connectivity index (χ2v) is 4.35. The monoisotopic (exact) mass is 255 g/mol. The van der Waals surface area contributed by atoms with Crippen molar-refractivity contribution in [3.8, 4) is 5.75 Å². The molecular formula is C11H14BrNO. The molecule has 0 aromatic heterocycles. The minimum atomic E-state index is 0.625. The molecular weight excluding hydrogens is 242 g/mol. The Bertz CT molecular complexity index is 321. The summed E-state index contributed by atoms with van der Waals surface area (Å²) in [6.45, 7) is 2.19. The molecule has 1 aliphatic rings. The van der Waals surface area contributed by atoms with Gasteiger partial charge in [0.1, 0.15) is 5.75 Å². The minimum absolute atomic E-state index is 0.625. The lowest BCUT2D eigenvalue weighted by molar-refractivity contribution is 0.411. The number of methoxy groups -OCH3 is 1. The predicted molar refractivity (Wildman–Crippen MR) is 60.9 cm³/mol. The molecule has 0 aliphatic carbocycles. The number of halogens is 1. The van der Waals surface area contributed by atoms with E-state index in [2.05, 4.69) is 33.4 Å². The molecule has 1 aromatic carbocycles. The van der Waals surface area contributed by atoms with E-state index in [9.17, 15) is 0 Å². The van der Waals surface area contributed by atoms with E-state index in [-0.39, 0.29) is 0 Å². The van der Waals surface area contributed by atoms with Crippen LogP contribution in [-0.4, -0.2) is 20.2 Å². The molecule has 0 bridgehead atoms. The lowest BCUT2D eigenvalue weighted by Crippen LogP contribution is -2.08. The van der Waals surface area contributed by atoms with Crippen LogP contribution in [0, 0.1) is 0 Å². The average Bonchev–Trinajstić information content (AvgIpc) is 2.71. The van der Waals surface area contributed by atoms with E-state index in [1.165, 1.54) is 12.0 Å². The molecule has 1 unspecified atom stereocenters. The first-order valence-corrected chi connectivity index (χ1v) is 5.65. The first-order chi connectivity index (χ1) is 6.83. The van der Waals surface area contributed by atoms with Gasteiger partial charge in [-0.2, -0.15) is 0 Å². The Morgan fingerprint density at radius 3 is 3.00 bits per heavy atom. The highest BCUT2D eigenvalue weighted by atomic mass is 79.9. The van der Waals surface area contributed by atoms with Gasteiger partial charge in [-0.3, -0.25) is 0 Å². The van der Waals surface area contributed by atoms with Crippen LogP contribution >= 0.6 is 15.9 Å². The fraction of sp³-hybridized carbons (Fsp3) is 0.455. The van der Waals surface area contributed by atoms with E-state index in [0.29, 0.717) is 5.92 Å². The Kier molecular flexibility index (Phi) is 3.08. The Labute approximate surface area is 92.8 Å². The summed E-state index contributed by atoms with van der Waals surface area (Å²) in [5, 5.41) is 3.37. The molecule has 2 nitrogen and oxygen atoms in total. The van der Waals surface area contributed by atoms with Crippen molar-refractivity contribution in [3.63, 3.8) is 0 Å². The maximum absolute atomic E-state index is 5.28. The molecule has 0 spiro atoms. The normalized spacial score (nSPS) is 21.1. The largest absolute Gasteiger partial charge is 0.496 e. The summed E-state index contributed by atoms with van der Waals surface area (Å²) in [5.41, 5.74) is 1.36. The Morgan fingerprint density at radius 2 is 2.36 bits per heavy atom. The fourth-order valence-corrected chi connectivity index (χ4v) is 2.67. The van der Waals surface area contributed by atoms with Gasteiger partial charge < -0.3 is 10.1 Å². The smallest absolute Gasteiger partial charge is 0.133 e. The summed E-state index contributed by atoms with van der Waals surface area (Å²) in [5.74, 6) is 1.55. The predicted octanol–water partition coefficient (Wildman–Crippen LogP) is 2.53.